The summed E-state index contributed by atoms with van der Waals surface area (Å²) < 4.78 is 6.12. The zero-order valence-corrected chi connectivity index (χ0v) is 17.5. The van der Waals surface area contributed by atoms with Gasteiger partial charge in [0, 0.05) is 0 Å². The van der Waals surface area contributed by atoms with E-state index in [0.717, 1.165) is 48.5 Å². The molecule has 27 heavy (non-hydrogen) atoms. The van der Waals surface area contributed by atoms with E-state index in [0.29, 0.717) is 5.13 Å². The molecule has 0 bridgehead atoms. The van der Waals surface area contributed by atoms with Gasteiger partial charge in [0.25, 0.3) is 0 Å². The molecule has 0 saturated carbocycles. The number of rotatable bonds is 7. The third-order valence-electron chi connectivity index (χ3n) is 4.66. The zero-order valence-electron chi connectivity index (χ0n) is 15.9. The van der Waals surface area contributed by atoms with Crippen LogP contribution >= 0.6 is 23.1 Å². The Labute approximate surface area is 168 Å². The molecule has 1 aromatic carbocycles. The summed E-state index contributed by atoms with van der Waals surface area (Å²) in [5, 5.41) is 12.1. The lowest BCUT2D eigenvalue weighted by atomic mass is 10.3. The van der Waals surface area contributed by atoms with Gasteiger partial charge in [-0.3, -0.25) is 4.79 Å². The molecule has 2 aromatic rings. The first-order chi connectivity index (χ1) is 13.1. The van der Waals surface area contributed by atoms with Crippen molar-refractivity contribution in [3.05, 3.63) is 24.3 Å². The smallest absolute Gasteiger partial charge is 0.236 e. The van der Waals surface area contributed by atoms with Crippen LogP contribution in [0.25, 0.3) is 0 Å². The number of hydrogen-bond acceptors (Lipinski definition) is 7. The van der Waals surface area contributed by atoms with Gasteiger partial charge in [-0.1, -0.05) is 35.2 Å². The highest BCUT2D eigenvalue weighted by Gasteiger charge is 2.27. The van der Waals surface area contributed by atoms with E-state index in [2.05, 4.69) is 22.4 Å². The van der Waals surface area contributed by atoms with Crippen molar-refractivity contribution >= 4 is 39.8 Å². The molecule has 1 fully saturated rings. The topological polar surface area (TPSA) is 71.8 Å². The van der Waals surface area contributed by atoms with E-state index in [-0.39, 0.29) is 11.2 Å². The first-order valence-electron chi connectivity index (χ1n) is 9.13. The van der Waals surface area contributed by atoms with E-state index < -0.39 is 0 Å². The van der Waals surface area contributed by atoms with E-state index in [1.54, 1.807) is 12.0 Å². The summed E-state index contributed by atoms with van der Waals surface area (Å²) in [5.41, 5.74) is 0.841. The van der Waals surface area contributed by atoms with Gasteiger partial charge in [0.1, 0.15) is 5.75 Å². The number of para-hydroxylation sites is 2. The maximum absolute atomic E-state index is 12.7. The number of nitrogens with one attached hydrogen (secondary N) is 2. The third kappa shape index (κ3) is 5.12. The molecule has 3 rings (SSSR count). The molecule has 0 spiro atoms. The molecule has 9 heteroatoms. The van der Waals surface area contributed by atoms with Gasteiger partial charge in [-0.05, 0) is 26.0 Å². The second-order valence-electron chi connectivity index (χ2n) is 6.39. The number of carbonyl (C=O) groups is 1. The molecule has 0 unspecified atom stereocenters. The van der Waals surface area contributed by atoms with Gasteiger partial charge in [0.15, 0.2) is 4.34 Å². The van der Waals surface area contributed by atoms with Gasteiger partial charge in [0.05, 0.1) is 50.8 Å². The number of nitrogens with zero attached hydrogens (tertiary/aromatic N) is 3. The van der Waals surface area contributed by atoms with Crippen molar-refractivity contribution in [2.75, 3.05) is 45.2 Å². The normalized spacial score (nSPS) is 16.2. The summed E-state index contributed by atoms with van der Waals surface area (Å²) >= 11 is 2.91. The van der Waals surface area contributed by atoms with Crippen LogP contribution in [0.5, 0.6) is 5.75 Å². The fourth-order valence-corrected chi connectivity index (χ4v) is 5.02. The van der Waals surface area contributed by atoms with Crippen LogP contribution in [0.2, 0.25) is 0 Å². The van der Waals surface area contributed by atoms with E-state index >= 15 is 0 Å². The predicted molar refractivity (Wildman–Crippen MR) is 109 cm³/mol. The molecule has 2 N–H and O–H groups in total. The molecule has 0 aliphatic carbocycles. The maximum atomic E-state index is 12.7. The SMILES string of the molecule is CC[NH+]1CCN(C(=O)[C@@H](C)Sc2nnc(Nc3ccccc3OC)s2)CC1. The molecule has 2 heterocycles. The fourth-order valence-electron chi connectivity index (χ4n) is 3.03. The molecular formula is C18H26N5O2S2+. The minimum Gasteiger partial charge on any atom is -0.495 e. The molecule has 1 aromatic heterocycles. The third-order valence-corrected chi connectivity index (χ3v) is 6.67. The number of carbonyl (C=O) groups excluding carboxylic acids is 1. The molecule has 1 amide bonds. The van der Waals surface area contributed by atoms with E-state index in [1.807, 2.05) is 36.1 Å². The van der Waals surface area contributed by atoms with Gasteiger partial charge in [-0.2, -0.15) is 0 Å². The average Bonchev–Trinajstić information content (AvgIpc) is 3.14. The molecule has 1 aliphatic heterocycles. The second-order valence-corrected chi connectivity index (χ2v) is 8.95. The highest BCUT2D eigenvalue weighted by molar-refractivity contribution is 8.02. The quantitative estimate of drug-likeness (QED) is 0.677. The number of piperazine rings is 1. The number of amides is 1. The predicted octanol–water partition coefficient (Wildman–Crippen LogP) is 1.52. The first kappa shape index (κ1) is 19.9. The van der Waals surface area contributed by atoms with Gasteiger partial charge in [0.2, 0.25) is 11.0 Å². The molecule has 0 radical (unpaired) electrons. The Morgan fingerprint density at radius 1 is 1.37 bits per heavy atom. The summed E-state index contributed by atoms with van der Waals surface area (Å²) in [6.07, 6.45) is 0. The van der Waals surface area contributed by atoms with Crippen molar-refractivity contribution < 1.29 is 14.4 Å². The molecule has 7 nitrogen and oxygen atoms in total. The van der Waals surface area contributed by atoms with Gasteiger partial charge < -0.3 is 19.9 Å². The Kier molecular flexibility index (Phi) is 6.92. The standard InChI is InChI=1S/C18H25N5O2S2/c1-4-22-9-11-23(12-10-22)16(24)13(2)26-18-21-20-17(27-18)19-14-7-5-6-8-15(14)25-3/h5-8,13H,4,9-12H2,1-3H3,(H,19,20)/p+1/t13-/m1/s1. The molecular weight excluding hydrogens is 382 g/mol. The van der Waals surface area contributed by atoms with Crippen molar-refractivity contribution in [1.29, 1.82) is 0 Å². The van der Waals surface area contributed by atoms with Gasteiger partial charge >= 0.3 is 0 Å². The number of hydrogen-bond donors (Lipinski definition) is 2. The average molecular weight is 409 g/mol. The van der Waals surface area contributed by atoms with Crippen molar-refractivity contribution in [1.82, 2.24) is 15.1 Å². The number of likely N-dealkylation sites (N-methyl/N-ethyl adjacent to an activating group) is 1. The summed E-state index contributed by atoms with van der Waals surface area (Å²) in [5.74, 6) is 0.934. The number of benzene rings is 1. The van der Waals surface area contributed by atoms with Crippen LogP contribution in [0.1, 0.15) is 13.8 Å². The summed E-state index contributed by atoms with van der Waals surface area (Å²) in [4.78, 5) is 16.2. The fraction of sp³-hybridized carbons (Fsp3) is 0.500. The van der Waals surface area contributed by atoms with Crippen LogP contribution in [-0.2, 0) is 4.79 Å². The van der Waals surface area contributed by atoms with Gasteiger partial charge in [-0.25, -0.2) is 0 Å². The van der Waals surface area contributed by atoms with Crippen molar-refractivity contribution in [2.45, 2.75) is 23.4 Å². The van der Waals surface area contributed by atoms with Crippen molar-refractivity contribution in [3.8, 4) is 5.75 Å². The minimum atomic E-state index is -0.166. The summed E-state index contributed by atoms with van der Waals surface area (Å²) in [7, 11) is 1.64. The highest BCUT2D eigenvalue weighted by atomic mass is 32.2. The monoisotopic (exact) mass is 408 g/mol. The number of methoxy groups -OCH3 is 1. The Hall–Kier alpha value is -1.84. The van der Waals surface area contributed by atoms with E-state index in [1.165, 1.54) is 23.1 Å². The first-order valence-corrected chi connectivity index (χ1v) is 10.8. The molecule has 146 valence electrons. The van der Waals surface area contributed by atoms with Crippen LogP contribution in [0.15, 0.2) is 28.6 Å². The Balaban J connectivity index is 1.56. The lowest BCUT2D eigenvalue weighted by molar-refractivity contribution is -0.902. The maximum Gasteiger partial charge on any atom is 0.236 e. The number of thioether (sulfide) groups is 1. The van der Waals surface area contributed by atoms with Crippen molar-refractivity contribution in [2.24, 2.45) is 0 Å². The molecule has 1 saturated heterocycles. The van der Waals surface area contributed by atoms with Crippen LogP contribution < -0.4 is 15.0 Å². The summed E-state index contributed by atoms with van der Waals surface area (Å²) in [6, 6.07) is 7.67. The second kappa shape index (κ2) is 9.38. The number of aromatic nitrogens is 2. The van der Waals surface area contributed by atoms with E-state index in [4.69, 9.17) is 4.74 Å². The number of ether oxygens (including phenoxy) is 1. The van der Waals surface area contributed by atoms with Crippen LogP contribution in [0.3, 0.4) is 0 Å². The zero-order chi connectivity index (χ0) is 19.2. The van der Waals surface area contributed by atoms with Crippen LogP contribution in [0.4, 0.5) is 10.8 Å². The Morgan fingerprint density at radius 2 is 2.11 bits per heavy atom. The minimum absolute atomic E-state index is 0.166. The number of anilines is 2. The van der Waals surface area contributed by atoms with Crippen LogP contribution in [0, 0.1) is 0 Å². The highest BCUT2D eigenvalue weighted by Crippen LogP contribution is 2.33. The Bertz CT molecular complexity index is 762. The largest absolute Gasteiger partial charge is 0.495 e. The molecule has 1 atom stereocenters. The van der Waals surface area contributed by atoms with Gasteiger partial charge in [-0.15, -0.1) is 10.2 Å². The number of quaternary nitrogens is 1. The summed E-state index contributed by atoms with van der Waals surface area (Å²) in [6.45, 7) is 9.00. The van der Waals surface area contributed by atoms with E-state index in [9.17, 15) is 4.79 Å². The lowest BCUT2D eigenvalue weighted by Crippen LogP contribution is -3.14. The van der Waals surface area contributed by atoms with Crippen molar-refractivity contribution in [3.63, 3.8) is 0 Å². The lowest BCUT2D eigenvalue weighted by Gasteiger charge is -2.32. The van der Waals surface area contributed by atoms with Crippen LogP contribution in [-0.4, -0.2) is 66.1 Å². The molecule has 1 aliphatic rings. The Morgan fingerprint density at radius 3 is 2.81 bits per heavy atom.